The molecule has 0 aliphatic heterocycles. The standard InChI is InChI=1S/C10H11N3O4S/c1-5(8(14)13-10(11)17)18-7-4-6(9(15)16)2-3-12-7/h2-5H,1H3,(H,15,16)(H3,11,13,14,17). The molecular weight excluding hydrogens is 258 g/mol. The topological polar surface area (TPSA) is 122 Å². The van der Waals surface area contributed by atoms with Gasteiger partial charge < -0.3 is 10.8 Å². The summed E-state index contributed by atoms with van der Waals surface area (Å²) in [5.74, 6) is -1.64. The van der Waals surface area contributed by atoms with E-state index >= 15 is 0 Å². The smallest absolute Gasteiger partial charge is 0.335 e. The van der Waals surface area contributed by atoms with Crippen LogP contribution < -0.4 is 11.1 Å². The minimum Gasteiger partial charge on any atom is -0.478 e. The first kappa shape index (κ1) is 14.0. The van der Waals surface area contributed by atoms with Gasteiger partial charge in [0.15, 0.2) is 0 Å². The normalized spacial score (nSPS) is 11.6. The fourth-order valence-corrected chi connectivity index (χ4v) is 1.91. The first-order valence-electron chi connectivity index (χ1n) is 4.86. The molecule has 18 heavy (non-hydrogen) atoms. The maximum atomic E-state index is 11.4. The molecule has 3 amide bonds. The fourth-order valence-electron chi connectivity index (χ4n) is 1.06. The molecule has 0 aromatic carbocycles. The number of carboxylic acid groups (broad SMARTS) is 1. The molecule has 1 rings (SSSR count). The van der Waals surface area contributed by atoms with Crippen LogP contribution in [0.25, 0.3) is 0 Å². The zero-order valence-electron chi connectivity index (χ0n) is 9.41. The summed E-state index contributed by atoms with van der Waals surface area (Å²) in [4.78, 5) is 36.6. The molecule has 1 aromatic heterocycles. The van der Waals surface area contributed by atoms with E-state index in [1.54, 1.807) is 6.92 Å². The number of rotatable bonds is 4. The van der Waals surface area contributed by atoms with E-state index in [0.717, 1.165) is 11.8 Å². The Labute approximate surface area is 107 Å². The van der Waals surface area contributed by atoms with Crippen LogP contribution >= 0.6 is 11.8 Å². The summed E-state index contributed by atoms with van der Waals surface area (Å²) in [6.07, 6.45) is 1.34. The molecule has 0 aliphatic rings. The third-order valence-corrected chi connectivity index (χ3v) is 2.93. The molecule has 7 nitrogen and oxygen atoms in total. The number of nitrogens with two attached hydrogens (primary N) is 1. The van der Waals surface area contributed by atoms with Crippen molar-refractivity contribution >= 4 is 29.7 Å². The Morgan fingerprint density at radius 3 is 2.72 bits per heavy atom. The van der Waals surface area contributed by atoms with Crippen molar-refractivity contribution in [2.45, 2.75) is 17.2 Å². The van der Waals surface area contributed by atoms with Crippen LogP contribution in [0, 0.1) is 0 Å². The van der Waals surface area contributed by atoms with Gasteiger partial charge in [0, 0.05) is 6.20 Å². The molecule has 4 N–H and O–H groups in total. The minimum absolute atomic E-state index is 0.0787. The quantitative estimate of drug-likeness (QED) is 0.682. The van der Waals surface area contributed by atoms with E-state index in [1.807, 2.05) is 5.32 Å². The Kier molecular flexibility index (Phi) is 4.67. The Morgan fingerprint density at radius 2 is 2.17 bits per heavy atom. The van der Waals surface area contributed by atoms with Crippen molar-refractivity contribution in [2.75, 3.05) is 0 Å². The van der Waals surface area contributed by atoms with Gasteiger partial charge in [-0.05, 0) is 19.1 Å². The van der Waals surface area contributed by atoms with Crippen molar-refractivity contribution in [3.63, 3.8) is 0 Å². The van der Waals surface area contributed by atoms with Gasteiger partial charge in [-0.1, -0.05) is 11.8 Å². The first-order valence-corrected chi connectivity index (χ1v) is 5.74. The highest BCUT2D eigenvalue weighted by Gasteiger charge is 2.17. The molecule has 0 saturated heterocycles. The number of imide groups is 1. The van der Waals surface area contributed by atoms with Crippen molar-refractivity contribution in [2.24, 2.45) is 5.73 Å². The molecule has 1 unspecified atom stereocenters. The molecule has 0 radical (unpaired) electrons. The molecule has 8 heteroatoms. The van der Waals surface area contributed by atoms with Crippen LogP contribution in [-0.2, 0) is 4.79 Å². The van der Waals surface area contributed by atoms with Crippen LogP contribution in [0.1, 0.15) is 17.3 Å². The molecular formula is C10H11N3O4S. The van der Waals surface area contributed by atoms with Gasteiger partial charge in [0.25, 0.3) is 0 Å². The summed E-state index contributed by atoms with van der Waals surface area (Å²) < 4.78 is 0. The lowest BCUT2D eigenvalue weighted by Crippen LogP contribution is -2.39. The monoisotopic (exact) mass is 269 g/mol. The number of nitrogens with one attached hydrogen (secondary N) is 1. The molecule has 0 aliphatic carbocycles. The Balaban J connectivity index is 2.72. The van der Waals surface area contributed by atoms with Gasteiger partial charge in [-0.2, -0.15) is 0 Å². The summed E-state index contributed by atoms with van der Waals surface area (Å²) in [6.45, 7) is 1.55. The highest BCUT2D eigenvalue weighted by atomic mass is 32.2. The number of urea groups is 1. The van der Waals surface area contributed by atoms with Gasteiger partial charge in [0.2, 0.25) is 5.91 Å². The van der Waals surface area contributed by atoms with Crippen LogP contribution in [0.4, 0.5) is 4.79 Å². The number of aromatic carboxylic acids is 1. The van der Waals surface area contributed by atoms with Crippen LogP contribution in [0.5, 0.6) is 0 Å². The number of carboxylic acids is 1. The van der Waals surface area contributed by atoms with Crippen molar-refractivity contribution in [1.82, 2.24) is 10.3 Å². The maximum absolute atomic E-state index is 11.4. The average Bonchev–Trinajstić information content (AvgIpc) is 2.28. The lowest BCUT2D eigenvalue weighted by Gasteiger charge is -2.09. The number of hydrogen-bond donors (Lipinski definition) is 3. The van der Waals surface area contributed by atoms with Gasteiger partial charge >= 0.3 is 12.0 Å². The Bertz CT molecular complexity index is 492. The van der Waals surface area contributed by atoms with E-state index in [9.17, 15) is 14.4 Å². The molecule has 0 fully saturated rings. The van der Waals surface area contributed by atoms with Gasteiger partial charge in [0.05, 0.1) is 15.8 Å². The molecule has 96 valence electrons. The van der Waals surface area contributed by atoms with Crippen molar-refractivity contribution in [1.29, 1.82) is 0 Å². The second-order valence-electron chi connectivity index (χ2n) is 3.30. The van der Waals surface area contributed by atoms with Gasteiger partial charge in [-0.3, -0.25) is 10.1 Å². The van der Waals surface area contributed by atoms with Crippen molar-refractivity contribution in [3.8, 4) is 0 Å². The summed E-state index contributed by atoms with van der Waals surface area (Å²) in [5.41, 5.74) is 4.89. The van der Waals surface area contributed by atoms with Crippen molar-refractivity contribution < 1.29 is 19.5 Å². The second kappa shape index (κ2) is 6.01. The van der Waals surface area contributed by atoms with Gasteiger partial charge in [-0.15, -0.1) is 0 Å². The van der Waals surface area contributed by atoms with Crippen LogP contribution in [0.15, 0.2) is 23.4 Å². The molecule has 0 spiro atoms. The van der Waals surface area contributed by atoms with Crippen LogP contribution in [0.3, 0.4) is 0 Å². The van der Waals surface area contributed by atoms with E-state index in [2.05, 4.69) is 4.98 Å². The predicted molar refractivity (Wildman–Crippen MR) is 64.2 cm³/mol. The summed E-state index contributed by atoms with van der Waals surface area (Å²) in [7, 11) is 0. The number of amides is 3. The number of carbonyl (C=O) groups excluding carboxylic acids is 2. The predicted octanol–water partition coefficient (Wildman–Crippen LogP) is 0.455. The van der Waals surface area contributed by atoms with E-state index in [0.29, 0.717) is 5.03 Å². The summed E-state index contributed by atoms with van der Waals surface area (Å²) in [5, 5.41) is 10.5. The number of hydrogen-bond acceptors (Lipinski definition) is 5. The van der Waals surface area contributed by atoms with Crippen molar-refractivity contribution in [3.05, 3.63) is 23.9 Å². The highest BCUT2D eigenvalue weighted by Crippen LogP contribution is 2.21. The highest BCUT2D eigenvalue weighted by molar-refractivity contribution is 8.00. The van der Waals surface area contributed by atoms with Crippen LogP contribution in [-0.4, -0.2) is 33.2 Å². The third kappa shape index (κ3) is 4.06. The van der Waals surface area contributed by atoms with E-state index in [4.69, 9.17) is 10.8 Å². The molecule has 0 bridgehead atoms. The maximum Gasteiger partial charge on any atom is 0.335 e. The molecule has 0 saturated carbocycles. The third-order valence-electron chi connectivity index (χ3n) is 1.89. The first-order chi connectivity index (χ1) is 8.40. The lowest BCUT2D eigenvalue weighted by atomic mass is 10.3. The SMILES string of the molecule is CC(Sc1cc(C(=O)O)ccn1)C(=O)NC(N)=O. The number of carbonyl (C=O) groups is 3. The van der Waals surface area contributed by atoms with E-state index in [-0.39, 0.29) is 5.56 Å². The number of nitrogens with zero attached hydrogens (tertiary/aromatic N) is 1. The fraction of sp³-hybridized carbons (Fsp3) is 0.200. The van der Waals surface area contributed by atoms with E-state index in [1.165, 1.54) is 18.3 Å². The Morgan fingerprint density at radius 1 is 1.50 bits per heavy atom. The lowest BCUT2D eigenvalue weighted by molar-refractivity contribution is -0.119. The minimum atomic E-state index is -1.08. The zero-order chi connectivity index (χ0) is 13.7. The average molecular weight is 269 g/mol. The largest absolute Gasteiger partial charge is 0.478 e. The van der Waals surface area contributed by atoms with Gasteiger partial charge in [-0.25, -0.2) is 14.6 Å². The van der Waals surface area contributed by atoms with Gasteiger partial charge in [0.1, 0.15) is 0 Å². The molecule has 1 atom stereocenters. The van der Waals surface area contributed by atoms with Crippen LogP contribution in [0.2, 0.25) is 0 Å². The summed E-state index contributed by atoms with van der Waals surface area (Å²) >= 11 is 1.03. The zero-order valence-corrected chi connectivity index (χ0v) is 10.2. The number of pyridine rings is 1. The summed E-state index contributed by atoms with van der Waals surface area (Å²) in [6, 6.07) is 1.77. The molecule has 1 aromatic rings. The second-order valence-corrected chi connectivity index (χ2v) is 4.66. The number of thioether (sulfide) groups is 1. The number of aromatic nitrogens is 1. The Hall–Kier alpha value is -2.09. The number of primary amides is 1. The molecule has 1 heterocycles. The van der Waals surface area contributed by atoms with E-state index < -0.39 is 23.2 Å².